The van der Waals surface area contributed by atoms with Gasteiger partial charge in [-0.05, 0) is 127 Å². The highest BCUT2D eigenvalue weighted by Crippen LogP contribution is 2.39. The van der Waals surface area contributed by atoms with Gasteiger partial charge in [-0.3, -0.25) is 19.4 Å². The maximum Gasteiger partial charge on any atom is 0.417 e. The van der Waals surface area contributed by atoms with Crippen LogP contribution < -0.4 is 10.6 Å². The summed E-state index contributed by atoms with van der Waals surface area (Å²) in [6.07, 6.45) is -11.0. The van der Waals surface area contributed by atoms with Crippen molar-refractivity contribution < 1.29 is 62.3 Å². The van der Waals surface area contributed by atoms with E-state index in [2.05, 4.69) is 20.4 Å². The Morgan fingerprint density at radius 3 is 1.11 bits per heavy atom. The Labute approximate surface area is 303 Å². The molecule has 2 heterocycles. The van der Waals surface area contributed by atoms with Crippen LogP contribution in [0.1, 0.15) is 107 Å². The monoisotopic (exact) mass is 788 g/mol. The van der Waals surface area contributed by atoms with Gasteiger partial charge in [0.25, 0.3) is 11.8 Å². The largest absolute Gasteiger partial charge is 0.417 e. The molecule has 0 spiro atoms. The van der Waals surface area contributed by atoms with E-state index in [0.717, 1.165) is 77.5 Å². The Hall–Kier alpha value is -3.54. The van der Waals surface area contributed by atoms with Crippen molar-refractivity contribution in [2.45, 2.75) is 113 Å². The molecule has 4 fully saturated rings. The first-order valence-corrected chi connectivity index (χ1v) is 17.8. The standard InChI is InChI=1S/2C18H20F6N2O/c2*19-17(20,21)11-6-7-12(13(10-11)18(22,23)24)16(27)25-14-4-3-5-15(14)26-8-1-2-9-26/h2*6-7,10,14-15H,1-5,8-9H2,(H,25,27)/t2*14-,15+/m10/s1. The number of hydrogen-bond acceptors (Lipinski definition) is 4. The fourth-order valence-electron chi connectivity index (χ4n) is 8.04. The minimum atomic E-state index is -5.06. The molecule has 2 N–H and O–H groups in total. The molecule has 0 unspecified atom stereocenters. The molecule has 0 radical (unpaired) electrons. The van der Waals surface area contributed by atoms with Crippen LogP contribution in [0.3, 0.4) is 0 Å². The summed E-state index contributed by atoms with van der Waals surface area (Å²) in [4.78, 5) is 29.4. The predicted octanol–water partition coefficient (Wildman–Crippen LogP) is 8.94. The molecule has 2 amide bonds. The second-order valence-electron chi connectivity index (χ2n) is 14.2. The summed E-state index contributed by atoms with van der Waals surface area (Å²) in [6.45, 7) is 3.58. The lowest BCUT2D eigenvalue weighted by molar-refractivity contribution is -0.144. The van der Waals surface area contributed by atoms with Crippen LogP contribution in [0, 0.1) is 0 Å². The van der Waals surface area contributed by atoms with Gasteiger partial charge in [-0.25, -0.2) is 0 Å². The number of amides is 2. The van der Waals surface area contributed by atoms with Gasteiger partial charge in [-0.15, -0.1) is 0 Å². The van der Waals surface area contributed by atoms with Gasteiger partial charge in [-0.2, -0.15) is 52.7 Å². The van der Waals surface area contributed by atoms with Crippen molar-refractivity contribution in [1.82, 2.24) is 20.4 Å². The fraction of sp³-hybridized carbons (Fsp3) is 0.611. The highest BCUT2D eigenvalue weighted by Gasteiger charge is 2.43. The number of carbonyl (C=O) groups excluding carboxylic acids is 2. The molecule has 4 atom stereocenters. The van der Waals surface area contributed by atoms with Crippen LogP contribution in [-0.2, 0) is 24.7 Å². The molecule has 4 aliphatic rings. The van der Waals surface area contributed by atoms with Gasteiger partial charge in [0, 0.05) is 24.2 Å². The lowest BCUT2D eigenvalue weighted by atomic mass is 10.0. The summed E-state index contributed by atoms with van der Waals surface area (Å²) < 4.78 is 156. The zero-order chi connectivity index (χ0) is 39.6. The van der Waals surface area contributed by atoms with Gasteiger partial charge < -0.3 is 10.6 Å². The Morgan fingerprint density at radius 2 is 0.815 bits per heavy atom. The van der Waals surface area contributed by atoms with Crippen LogP contribution in [0.15, 0.2) is 36.4 Å². The summed E-state index contributed by atoms with van der Waals surface area (Å²) in [6, 6.07) is 1.80. The van der Waals surface area contributed by atoms with Crippen molar-refractivity contribution in [3.63, 3.8) is 0 Å². The van der Waals surface area contributed by atoms with E-state index >= 15 is 0 Å². The van der Waals surface area contributed by atoms with Crippen molar-refractivity contribution in [1.29, 1.82) is 0 Å². The van der Waals surface area contributed by atoms with Crippen LogP contribution in [0.4, 0.5) is 52.7 Å². The normalized spacial score (nSPS) is 24.4. The van der Waals surface area contributed by atoms with Gasteiger partial charge in [0.1, 0.15) is 0 Å². The predicted molar refractivity (Wildman–Crippen MR) is 172 cm³/mol. The summed E-state index contributed by atoms with van der Waals surface area (Å²) in [5.41, 5.74) is -7.54. The number of carbonyl (C=O) groups is 2. The van der Waals surface area contributed by atoms with Crippen LogP contribution in [0.5, 0.6) is 0 Å². The molecule has 0 bridgehead atoms. The zero-order valence-electron chi connectivity index (χ0n) is 28.9. The third kappa shape index (κ3) is 10.0. The van der Waals surface area contributed by atoms with Gasteiger partial charge in [0.15, 0.2) is 0 Å². The van der Waals surface area contributed by atoms with Crippen LogP contribution in [0.25, 0.3) is 0 Å². The first-order valence-electron chi connectivity index (χ1n) is 17.8. The fourth-order valence-corrected chi connectivity index (χ4v) is 8.04. The van der Waals surface area contributed by atoms with Crippen molar-refractivity contribution >= 4 is 11.8 Å². The maximum atomic E-state index is 13.3. The maximum absolute atomic E-state index is 13.3. The van der Waals surface area contributed by atoms with Gasteiger partial charge >= 0.3 is 24.7 Å². The molecule has 300 valence electrons. The van der Waals surface area contributed by atoms with E-state index in [-0.39, 0.29) is 36.3 Å². The average molecular weight is 789 g/mol. The van der Waals surface area contributed by atoms with E-state index in [1.54, 1.807) is 0 Å². The van der Waals surface area contributed by atoms with E-state index in [0.29, 0.717) is 37.1 Å². The molecular formula is C36H40F12N4O2. The van der Waals surface area contributed by atoms with Crippen molar-refractivity contribution in [2.24, 2.45) is 0 Å². The second-order valence-corrected chi connectivity index (χ2v) is 14.2. The van der Waals surface area contributed by atoms with Crippen LogP contribution in [0.2, 0.25) is 0 Å². The van der Waals surface area contributed by atoms with E-state index in [1.165, 1.54) is 0 Å². The number of nitrogens with zero attached hydrogens (tertiary/aromatic N) is 2. The number of likely N-dealkylation sites (tertiary alicyclic amines) is 2. The molecule has 2 aromatic rings. The van der Waals surface area contributed by atoms with Crippen LogP contribution in [-0.4, -0.2) is 72.0 Å². The Morgan fingerprint density at radius 1 is 0.481 bits per heavy atom. The van der Waals surface area contributed by atoms with E-state index in [9.17, 15) is 62.3 Å². The molecule has 2 saturated heterocycles. The van der Waals surface area contributed by atoms with Crippen molar-refractivity contribution in [2.75, 3.05) is 26.2 Å². The summed E-state index contributed by atoms with van der Waals surface area (Å²) in [5, 5.41) is 5.26. The lowest BCUT2D eigenvalue weighted by Crippen LogP contribution is -2.48. The Kier molecular flexibility index (Phi) is 12.5. The summed E-state index contributed by atoms with van der Waals surface area (Å²) in [5.74, 6) is -1.96. The molecule has 0 aromatic heterocycles. The van der Waals surface area contributed by atoms with Gasteiger partial charge in [0.2, 0.25) is 0 Å². The van der Waals surface area contributed by atoms with Crippen molar-refractivity contribution in [3.05, 3.63) is 69.8 Å². The molecule has 2 aliphatic heterocycles. The molecule has 2 saturated carbocycles. The minimum absolute atomic E-state index is 0.00150. The van der Waals surface area contributed by atoms with Crippen LogP contribution >= 0.6 is 0 Å². The van der Waals surface area contributed by atoms with E-state index in [1.807, 2.05) is 0 Å². The molecule has 2 aliphatic carbocycles. The van der Waals surface area contributed by atoms with E-state index in [4.69, 9.17) is 0 Å². The first kappa shape index (κ1) is 41.6. The lowest BCUT2D eigenvalue weighted by Gasteiger charge is -2.30. The number of hydrogen-bond donors (Lipinski definition) is 2. The van der Waals surface area contributed by atoms with E-state index < -0.39 is 69.9 Å². The minimum Gasteiger partial charge on any atom is -0.348 e. The number of benzene rings is 2. The Balaban J connectivity index is 0.000000208. The molecule has 54 heavy (non-hydrogen) atoms. The summed E-state index contributed by atoms with van der Waals surface area (Å²) >= 11 is 0. The smallest absolute Gasteiger partial charge is 0.348 e. The number of halogens is 12. The zero-order valence-corrected chi connectivity index (χ0v) is 28.9. The first-order chi connectivity index (χ1) is 25.1. The van der Waals surface area contributed by atoms with Gasteiger partial charge in [-0.1, -0.05) is 0 Å². The molecule has 18 heteroatoms. The molecule has 2 aromatic carbocycles. The van der Waals surface area contributed by atoms with Crippen molar-refractivity contribution in [3.8, 4) is 0 Å². The quantitative estimate of drug-likeness (QED) is 0.287. The van der Waals surface area contributed by atoms with Gasteiger partial charge in [0.05, 0.1) is 33.4 Å². The summed E-state index contributed by atoms with van der Waals surface area (Å²) in [7, 11) is 0. The molecular weight excluding hydrogens is 748 g/mol. The third-order valence-corrected chi connectivity index (χ3v) is 10.6. The second kappa shape index (κ2) is 16.3. The topological polar surface area (TPSA) is 64.7 Å². The highest BCUT2D eigenvalue weighted by molar-refractivity contribution is 5.97. The molecule has 6 rings (SSSR count). The number of rotatable bonds is 6. The average Bonchev–Trinajstić information content (AvgIpc) is 3.91. The highest BCUT2D eigenvalue weighted by atomic mass is 19.4. The number of nitrogens with one attached hydrogen (secondary N) is 2. The Bertz CT molecular complexity index is 1510. The number of alkyl halides is 12. The third-order valence-electron chi connectivity index (χ3n) is 10.6. The molecule has 6 nitrogen and oxygen atoms in total. The SMILES string of the molecule is O=C(N[C@@H]1CCC[C@@H]1N1CCCC1)c1ccc(C(F)(F)F)cc1C(F)(F)F.O=C(N[C@H]1CCC[C@H]1N1CCCC1)c1ccc(C(F)(F)F)cc1C(F)(F)F.